The van der Waals surface area contributed by atoms with Gasteiger partial charge in [0.1, 0.15) is 17.5 Å². The molecule has 1 saturated carbocycles. The average molecular weight is 437 g/mol. The normalized spacial score (nSPS) is 21.0. The number of rotatable bonds is 7. The van der Waals surface area contributed by atoms with E-state index in [2.05, 4.69) is 57.8 Å². The number of amidine groups is 1. The van der Waals surface area contributed by atoms with Gasteiger partial charge in [0.05, 0.1) is 18.8 Å². The average Bonchev–Trinajstić information content (AvgIpc) is 3.33. The fourth-order valence-electron chi connectivity index (χ4n) is 4.08. The first kappa shape index (κ1) is 20.9. The molecule has 2 aromatic heterocycles. The molecule has 9 heteroatoms. The zero-order valence-electron chi connectivity index (χ0n) is 19.1. The summed E-state index contributed by atoms with van der Waals surface area (Å²) in [7, 11) is 0. The number of piperazine rings is 1. The number of hydrogen-bond acceptors (Lipinski definition) is 9. The van der Waals surface area contributed by atoms with E-state index in [4.69, 9.17) is 14.5 Å². The minimum atomic E-state index is 0.332. The van der Waals surface area contributed by atoms with Crippen LogP contribution in [0.3, 0.4) is 0 Å². The molecule has 0 amide bonds. The molecule has 3 aliphatic rings. The molecule has 2 aromatic rings. The fraction of sp³-hybridized carbons (Fsp3) is 0.565. The molecule has 1 saturated heterocycles. The van der Waals surface area contributed by atoms with Crippen molar-refractivity contribution in [2.75, 3.05) is 41.7 Å². The van der Waals surface area contributed by atoms with Gasteiger partial charge in [-0.15, -0.1) is 0 Å². The van der Waals surface area contributed by atoms with Crippen molar-refractivity contribution >= 4 is 23.4 Å². The molecule has 170 valence electrons. The molecule has 5 rings (SSSR count). The van der Waals surface area contributed by atoms with E-state index < -0.39 is 0 Å². The van der Waals surface area contributed by atoms with Crippen LogP contribution in [0, 0.1) is 5.92 Å². The highest BCUT2D eigenvalue weighted by atomic mass is 16.5. The Morgan fingerprint density at radius 3 is 2.88 bits per heavy atom. The van der Waals surface area contributed by atoms with Crippen LogP contribution in [0.2, 0.25) is 0 Å². The smallest absolute Gasteiger partial charge is 0.227 e. The number of aliphatic imine (C=N–C) groups is 1. The Balaban J connectivity index is 1.34. The third kappa shape index (κ3) is 4.93. The van der Waals surface area contributed by atoms with E-state index in [9.17, 15) is 0 Å². The highest BCUT2D eigenvalue weighted by molar-refractivity contribution is 6.05. The summed E-state index contributed by atoms with van der Waals surface area (Å²) in [4.78, 5) is 16.5. The maximum absolute atomic E-state index is 5.46. The van der Waals surface area contributed by atoms with Gasteiger partial charge in [-0.1, -0.05) is 19.0 Å². The third-order valence-electron chi connectivity index (χ3n) is 6.11. The summed E-state index contributed by atoms with van der Waals surface area (Å²) in [5.41, 5.74) is 2.38. The fourth-order valence-corrected chi connectivity index (χ4v) is 4.08. The standard InChI is InChI=1S/C23H32N8O/c1-14(2)19-9-18(32-30-19)12-26-23-28-21(27-20-8-17(11-25-20)16-4-5-16)10-22(29-23)31-7-6-24-15(3)13-31/h8-10,14-16,24H,4-7,11-13H2,1-3H3,(H2,25,26,27,28,29)/t15-/m1/s1. The monoisotopic (exact) mass is 436 g/mol. The lowest BCUT2D eigenvalue weighted by Crippen LogP contribution is -2.49. The lowest BCUT2D eigenvalue weighted by atomic mass is 10.1. The van der Waals surface area contributed by atoms with Crippen LogP contribution in [0.25, 0.3) is 0 Å². The molecule has 0 bridgehead atoms. The predicted octanol–water partition coefficient (Wildman–Crippen LogP) is 3.16. The molecule has 0 radical (unpaired) electrons. The van der Waals surface area contributed by atoms with Crippen LogP contribution in [0.15, 0.2) is 33.3 Å². The first-order valence-corrected chi connectivity index (χ1v) is 11.6. The summed E-state index contributed by atoms with van der Waals surface area (Å²) in [6, 6.07) is 4.41. The van der Waals surface area contributed by atoms with Crippen molar-refractivity contribution < 1.29 is 4.52 Å². The second kappa shape index (κ2) is 8.90. The highest BCUT2D eigenvalue weighted by Gasteiger charge is 2.28. The molecule has 3 N–H and O–H groups in total. The van der Waals surface area contributed by atoms with Crippen molar-refractivity contribution in [1.29, 1.82) is 0 Å². The molecule has 9 nitrogen and oxygen atoms in total. The molecule has 2 aliphatic heterocycles. The zero-order chi connectivity index (χ0) is 22.1. The van der Waals surface area contributed by atoms with Gasteiger partial charge in [-0.2, -0.15) is 9.97 Å². The van der Waals surface area contributed by atoms with E-state index in [0.717, 1.165) is 61.0 Å². The van der Waals surface area contributed by atoms with Crippen molar-refractivity contribution in [2.24, 2.45) is 10.9 Å². The van der Waals surface area contributed by atoms with E-state index in [1.165, 1.54) is 18.4 Å². The van der Waals surface area contributed by atoms with Crippen LogP contribution >= 0.6 is 0 Å². The van der Waals surface area contributed by atoms with Crippen molar-refractivity contribution in [3.8, 4) is 0 Å². The summed E-state index contributed by atoms with van der Waals surface area (Å²) < 4.78 is 5.46. The lowest BCUT2D eigenvalue weighted by molar-refractivity contribution is 0.379. The summed E-state index contributed by atoms with van der Waals surface area (Å²) >= 11 is 0. The first-order chi connectivity index (χ1) is 15.5. The highest BCUT2D eigenvalue weighted by Crippen LogP contribution is 2.37. The van der Waals surface area contributed by atoms with Crippen LogP contribution in [-0.2, 0) is 6.54 Å². The number of aromatic nitrogens is 3. The topological polar surface area (TPSA) is 104 Å². The number of nitrogens with one attached hydrogen (secondary N) is 3. The second-order valence-electron chi connectivity index (χ2n) is 9.28. The van der Waals surface area contributed by atoms with E-state index in [-0.39, 0.29) is 0 Å². The molecule has 2 fully saturated rings. The largest absolute Gasteiger partial charge is 0.359 e. The first-order valence-electron chi connectivity index (χ1n) is 11.6. The molecular weight excluding hydrogens is 404 g/mol. The zero-order valence-corrected chi connectivity index (χ0v) is 19.1. The van der Waals surface area contributed by atoms with Crippen LogP contribution in [0.1, 0.15) is 51.0 Å². The molecule has 32 heavy (non-hydrogen) atoms. The Morgan fingerprint density at radius 1 is 1.25 bits per heavy atom. The molecular formula is C23H32N8O. The van der Waals surface area contributed by atoms with Crippen LogP contribution in [0.4, 0.5) is 17.6 Å². The Bertz CT molecular complexity index is 1020. The Labute approximate surface area is 188 Å². The van der Waals surface area contributed by atoms with Crippen molar-refractivity contribution in [2.45, 2.75) is 52.1 Å². The molecule has 0 spiro atoms. The quantitative estimate of drug-likeness (QED) is 0.608. The molecule has 0 unspecified atom stereocenters. The van der Waals surface area contributed by atoms with Gasteiger partial charge in [0.15, 0.2) is 5.76 Å². The summed E-state index contributed by atoms with van der Waals surface area (Å²) in [5.74, 6) is 4.93. The molecule has 1 aliphatic carbocycles. The van der Waals surface area contributed by atoms with Gasteiger partial charge in [-0.3, -0.25) is 4.99 Å². The third-order valence-corrected chi connectivity index (χ3v) is 6.11. The van der Waals surface area contributed by atoms with Gasteiger partial charge < -0.3 is 25.4 Å². The molecule has 4 heterocycles. The Hall–Kier alpha value is -2.94. The van der Waals surface area contributed by atoms with Crippen LogP contribution < -0.4 is 20.9 Å². The van der Waals surface area contributed by atoms with E-state index in [1.54, 1.807) is 0 Å². The Morgan fingerprint density at radius 2 is 2.12 bits per heavy atom. The number of anilines is 3. The van der Waals surface area contributed by atoms with Crippen LogP contribution in [-0.4, -0.2) is 53.2 Å². The van der Waals surface area contributed by atoms with E-state index in [1.807, 2.05) is 12.1 Å². The van der Waals surface area contributed by atoms with Gasteiger partial charge in [0.2, 0.25) is 5.95 Å². The van der Waals surface area contributed by atoms with Gasteiger partial charge in [0.25, 0.3) is 0 Å². The van der Waals surface area contributed by atoms with Gasteiger partial charge in [0, 0.05) is 37.8 Å². The van der Waals surface area contributed by atoms with Gasteiger partial charge in [-0.25, -0.2) is 0 Å². The van der Waals surface area contributed by atoms with Crippen molar-refractivity contribution in [3.05, 3.63) is 35.2 Å². The number of hydrogen-bond donors (Lipinski definition) is 3. The maximum Gasteiger partial charge on any atom is 0.227 e. The van der Waals surface area contributed by atoms with E-state index >= 15 is 0 Å². The lowest BCUT2D eigenvalue weighted by Gasteiger charge is -2.33. The number of nitrogens with zero attached hydrogens (tertiary/aromatic N) is 5. The van der Waals surface area contributed by atoms with Crippen molar-refractivity contribution in [3.63, 3.8) is 0 Å². The molecule has 1 atom stereocenters. The maximum atomic E-state index is 5.46. The van der Waals surface area contributed by atoms with Crippen LogP contribution in [0.5, 0.6) is 0 Å². The SMILES string of the molecule is CC(C)c1cc(CNc2nc(NC3=NCC(C4CC4)=C3)cc(N3CCN[C@H](C)C3)n2)on1. The van der Waals surface area contributed by atoms with Gasteiger partial charge >= 0.3 is 0 Å². The summed E-state index contributed by atoms with van der Waals surface area (Å²) in [6.07, 6.45) is 4.77. The van der Waals surface area contributed by atoms with E-state index in [0.29, 0.717) is 24.5 Å². The molecule has 0 aromatic carbocycles. The summed E-state index contributed by atoms with van der Waals surface area (Å²) in [6.45, 7) is 10.4. The Kier molecular flexibility index (Phi) is 5.82. The minimum absolute atomic E-state index is 0.332. The van der Waals surface area contributed by atoms with Gasteiger partial charge in [-0.05, 0) is 43.3 Å². The predicted molar refractivity (Wildman–Crippen MR) is 126 cm³/mol. The second-order valence-corrected chi connectivity index (χ2v) is 9.28. The minimum Gasteiger partial charge on any atom is -0.359 e. The summed E-state index contributed by atoms with van der Waals surface area (Å²) in [5, 5.41) is 14.3. The van der Waals surface area contributed by atoms with Crippen molar-refractivity contribution in [1.82, 2.24) is 20.4 Å².